The van der Waals surface area contributed by atoms with Crippen molar-refractivity contribution in [2.24, 2.45) is 0 Å². The van der Waals surface area contributed by atoms with Gasteiger partial charge in [0.1, 0.15) is 12.2 Å². The maximum atomic E-state index is 12.6. The summed E-state index contributed by atoms with van der Waals surface area (Å²) in [6, 6.07) is 1.80. The van der Waals surface area contributed by atoms with Gasteiger partial charge in [0.05, 0.1) is 0 Å². The van der Waals surface area contributed by atoms with Gasteiger partial charge in [-0.3, -0.25) is 9.59 Å². The minimum Gasteiger partial charge on any atom is -0.347 e. The van der Waals surface area contributed by atoms with Crippen LogP contribution in [0, 0.1) is 0 Å². The Bertz CT molecular complexity index is 483. The molecule has 0 saturated heterocycles. The number of aryl methyl sites for hydroxylation is 1. The van der Waals surface area contributed by atoms with Gasteiger partial charge in [0.25, 0.3) is 5.91 Å². The first-order valence-electron chi connectivity index (χ1n) is 6.75. The Balaban J connectivity index is 2.95. The smallest absolute Gasteiger partial charge is 0.270 e. The molecular formula is C14H22BrN3O2. The van der Waals surface area contributed by atoms with Crippen molar-refractivity contribution < 1.29 is 9.59 Å². The molecule has 0 unspecified atom stereocenters. The van der Waals surface area contributed by atoms with E-state index in [9.17, 15) is 9.59 Å². The third kappa shape index (κ3) is 4.10. The van der Waals surface area contributed by atoms with Gasteiger partial charge in [-0.1, -0.05) is 6.92 Å². The molecule has 1 rings (SSSR count). The molecule has 112 valence electrons. The molecule has 0 aliphatic carbocycles. The van der Waals surface area contributed by atoms with E-state index in [0.717, 1.165) is 10.9 Å². The zero-order valence-corrected chi connectivity index (χ0v) is 14.1. The van der Waals surface area contributed by atoms with Gasteiger partial charge in [-0.15, -0.1) is 0 Å². The lowest BCUT2D eigenvalue weighted by molar-refractivity contribution is -0.129. The molecule has 0 bridgehead atoms. The summed E-state index contributed by atoms with van der Waals surface area (Å²) in [7, 11) is 3.39. The highest BCUT2D eigenvalue weighted by molar-refractivity contribution is 9.10. The summed E-state index contributed by atoms with van der Waals surface area (Å²) in [5.74, 6) is -0.171. The van der Waals surface area contributed by atoms with Gasteiger partial charge in [-0.2, -0.15) is 0 Å². The number of hydrogen-bond acceptors (Lipinski definition) is 2. The Morgan fingerprint density at radius 1 is 1.30 bits per heavy atom. The van der Waals surface area contributed by atoms with E-state index >= 15 is 0 Å². The minimum atomic E-state index is -0.102. The minimum absolute atomic E-state index is 0.0690. The Hall–Kier alpha value is -1.30. The van der Waals surface area contributed by atoms with Crippen LogP contribution in [-0.4, -0.2) is 53.4 Å². The number of likely N-dealkylation sites (N-methyl/N-ethyl adjacent to an activating group) is 1. The summed E-state index contributed by atoms with van der Waals surface area (Å²) in [5, 5.41) is 0. The van der Waals surface area contributed by atoms with Crippen LogP contribution in [0.2, 0.25) is 0 Å². The molecule has 1 heterocycles. The lowest BCUT2D eigenvalue weighted by Gasteiger charge is -2.23. The van der Waals surface area contributed by atoms with Crippen molar-refractivity contribution >= 4 is 27.7 Å². The van der Waals surface area contributed by atoms with E-state index in [4.69, 9.17) is 0 Å². The van der Waals surface area contributed by atoms with E-state index in [1.807, 2.05) is 24.6 Å². The second-order valence-electron chi connectivity index (χ2n) is 4.84. The van der Waals surface area contributed by atoms with Gasteiger partial charge in [0.2, 0.25) is 5.91 Å². The molecule has 0 aromatic carbocycles. The highest BCUT2D eigenvalue weighted by atomic mass is 79.9. The molecule has 20 heavy (non-hydrogen) atoms. The molecule has 0 aliphatic rings. The molecule has 0 saturated carbocycles. The van der Waals surface area contributed by atoms with Crippen LogP contribution in [0.1, 0.15) is 30.8 Å². The number of hydrogen-bond donors (Lipinski definition) is 0. The molecule has 0 atom stereocenters. The zero-order chi connectivity index (χ0) is 15.3. The largest absolute Gasteiger partial charge is 0.347 e. The van der Waals surface area contributed by atoms with Gasteiger partial charge >= 0.3 is 0 Å². The predicted molar refractivity (Wildman–Crippen MR) is 82.7 cm³/mol. The van der Waals surface area contributed by atoms with E-state index < -0.39 is 0 Å². The monoisotopic (exact) mass is 343 g/mol. The van der Waals surface area contributed by atoms with Crippen LogP contribution >= 0.6 is 15.9 Å². The van der Waals surface area contributed by atoms with Crippen molar-refractivity contribution in [1.82, 2.24) is 14.4 Å². The SMILES string of the molecule is CCCN(CC(=O)N(C)C)C(=O)c1cc(Br)cn1CC. The highest BCUT2D eigenvalue weighted by Gasteiger charge is 2.22. The third-order valence-electron chi connectivity index (χ3n) is 3.03. The molecule has 5 nitrogen and oxygen atoms in total. The normalized spacial score (nSPS) is 10.4. The molecule has 6 heteroatoms. The van der Waals surface area contributed by atoms with Crippen molar-refractivity contribution in [1.29, 1.82) is 0 Å². The summed E-state index contributed by atoms with van der Waals surface area (Å²) in [6.45, 7) is 5.39. The first-order chi connectivity index (χ1) is 9.40. The predicted octanol–water partition coefficient (Wildman–Crippen LogP) is 2.21. The van der Waals surface area contributed by atoms with E-state index in [2.05, 4.69) is 15.9 Å². The van der Waals surface area contributed by atoms with Crippen LogP contribution in [0.5, 0.6) is 0 Å². The second-order valence-corrected chi connectivity index (χ2v) is 5.76. The first-order valence-corrected chi connectivity index (χ1v) is 7.55. The lowest BCUT2D eigenvalue weighted by Crippen LogP contribution is -2.41. The van der Waals surface area contributed by atoms with E-state index in [1.54, 1.807) is 25.1 Å². The standard InChI is InChI=1S/C14H22BrN3O2/c1-5-7-18(10-13(19)16(3)4)14(20)12-8-11(15)9-17(12)6-2/h8-9H,5-7,10H2,1-4H3. The number of rotatable bonds is 6. The molecule has 0 spiro atoms. The topological polar surface area (TPSA) is 45.6 Å². The molecular weight excluding hydrogens is 322 g/mol. The van der Waals surface area contributed by atoms with Crippen molar-refractivity contribution in [3.8, 4) is 0 Å². The highest BCUT2D eigenvalue weighted by Crippen LogP contribution is 2.17. The average molecular weight is 344 g/mol. The van der Waals surface area contributed by atoms with Crippen LogP contribution in [0.3, 0.4) is 0 Å². The van der Waals surface area contributed by atoms with Crippen LogP contribution in [0.25, 0.3) is 0 Å². The summed E-state index contributed by atoms with van der Waals surface area (Å²) in [6.07, 6.45) is 2.70. The molecule has 0 N–H and O–H groups in total. The molecule has 0 aliphatic heterocycles. The molecule has 0 fully saturated rings. The maximum Gasteiger partial charge on any atom is 0.270 e. The van der Waals surface area contributed by atoms with Crippen molar-refractivity contribution in [2.75, 3.05) is 27.2 Å². The molecule has 1 aromatic heterocycles. The maximum absolute atomic E-state index is 12.6. The second kappa shape index (κ2) is 7.47. The Labute approximate surface area is 128 Å². The van der Waals surface area contributed by atoms with Crippen molar-refractivity contribution in [3.63, 3.8) is 0 Å². The average Bonchev–Trinajstić information content (AvgIpc) is 2.78. The quantitative estimate of drug-likeness (QED) is 0.794. The Morgan fingerprint density at radius 3 is 2.45 bits per heavy atom. The van der Waals surface area contributed by atoms with Gasteiger partial charge in [-0.05, 0) is 35.3 Å². The van der Waals surface area contributed by atoms with E-state index in [-0.39, 0.29) is 18.4 Å². The summed E-state index contributed by atoms with van der Waals surface area (Å²) in [4.78, 5) is 27.6. The number of amides is 2. The summed E-state index contributed by atoms with van der Waals surface area (Å²) >= 11 is 3.39. The van der Waals surface area contributed by atoms with Gasteiger partial charge in [-0.25, -0.2) is 0 Å². The number of carbonyl (C=O) groups excluding carboxylic acids is 2. The third-order valence-corrected chi connectivity index (χ3v) is 3.46. The molecule has 1 aromatic rings. The fourth-order valence-electron chi connectivity index (χ4n) is 1.90. The first kappa shape index (κ1) is 16.8. The lowest BCUT2D eigenvalue weighted by atomic mass is 10.3. The Kier molecular flexibility index (Phi) is 6.26. The van der Waals surface area contributed by atoms with Gasteiger partial charge < -0.3 is 14.4 Å². The van der Waals surface area contributed by atoms with Crippen LogP contribution < -0.4 is 0 Å². The van der Waals surface area contributed by atoms with E-state index in [1.165, 1.54) is 4.90 Å². The number of nitrogens with zero attached hydrogens (tertiary/aromatic N) is 3. The molecule has 2 amide bonds. The number of halogens is 1. The van der Waals surface area contributed by atoms with Crippen molar-refractivity contribution in [2.45, 2.75) is 26.8 Å². The van der Waals surface area contributed by atoms with Gasteiger partial charge in [0, 0.05) is 37.9 Å². The van der Waals surface area contributed by atoms with Crippen LogP contribution in [-0.2, 0) is 11.3 Å². The zero-order valence-electron chi connectivity index (χ0n) is 12.5. The van der Waals surface area contributed by atoms with Crippen molar-refractivity contribution in [3.05, 3.63) is 22.4 Å². The summed E-state index contributed by atoms with van der Waals surface area (Å²) < 4.78 is 2.76. The number of aromatic nitrogens is 1. The van der Waals surface area contributed by atoms with Crippen LogP contribution in [0.15, 0.2) is 16.7 Å². The van der Waals surface area contributed by atoms with Crippen LogP contribution in [0.4, 0.5) is 0 Å². The van der Waals surface area contributed by atoms with Gasteiger partial charge in [0.15, 0.2) is 0 Å². The summed E-state index contributed by atoms with van der Waals surface area (Å²) in [5.41, 5.74) is 0.611. The fourth-order valence-corrected chi connectivity index (χ4v) is 2.37. The fraction of sp³-hybridized carbons (Fsp3) is 0.571. The molecule has 0 radical (unpaired) electrons. The number of carbonyl (C=O) groups is 2. The van der Waals surface area contributed by atoms with E-state index in [0.29, 0.717) is 18.8 Å². The Morgan fingerprint density at radius 2 is 1.95 bits per heavy atom.